The average molecular weight is 348 g/mol. The predicted octanol–water partition coefficient (Wildman–Crippen LogP) is 2.07. The van der Waals surface area contributed by atoms with E-state index in [4.69, 9.17) is 16.1 Å². The largest absolute Gasteiger partial charge is 0.360 e. The van der Waals surface area contributed by atoms with E-state index in [-0.39, 0.29) is 17.4 Å². The van der Waals surface area contributed by atoms with Crippen molar-refractivity contribution in [3.8, 4) is 0 Å². The molecule has 6 nitrogen and oxygen atoms in total. The summed E-state index contributed by atoms with van der Waals surface area (Å²) in [4.78, 5) is 26.5. The van der Waals surface area contributed by atoms with Gasteiger partial charge in [0, 0.05) is 56.2 Å². The van der Waals surface area contributed by atoms with Crippen molar-refractivity contribution >= 4 is 17.5 Å². The number of amides is 1. The zero-order valence-electron chi connectivity index (χ0n) is 13.2. The highest BCUT2D eigenvalue weighted by molar-refractivity contribution is 6.29. The molecule has 4 heterocycles. The Morgan fingerprint density at radius 2 is 2.21 bits per heavy atom. The second-order valence-corrected chi connectivity index (χ2v) is 7.00. The van der Waals surface area contributed by atoms with E-state index in [0.29, 0.717) is 49.3 Å². The molecule has 4 rings (SSSR count). The highest BCUT2D eigenvalue weighted by atomic mass is 35.5. The Morgan fingerprint density at radius 1 is 1.33 bits per heavy atom. The van der Waals surface area contributed by atoms with Gasteiger partial charge in [-0.1, -0.05) is 22.8 Å². The molecule has 2 aliphatic heterocycles. The Morgan fingerprint density at radius 3 is 3.00 bits per heavy atom. The normalized spacial score (nSPS) is 22.3. The lowest BCUT2D eigenvalue weighted by Crippen LogP contribution is -2.49. The zero-order chi connectivity index (χ0) is 16.7. The maximum Gasteiger partial charge on any atom is 0.250 e. The minimum atomic E-state index is 0.0594. The molecule has 0 spiro atoms. The third-order valence-electron chi connectivity index (χ3n) is 4.95. The zero-order valence-corrected chi connectivity index (χ0v) is 13.9. The van der Waals surface area contributed by atoms with Crippen LogP contribution in [0.25, 0.3) is 0 Å². The highest BCUT2D eigenvalue weighted by Crippen LogP contribution is 2.35. The third kappa shape index (κ3) is 2.86. The van der Waals surface area contributed by atoms with Crippen LogP contribution in [0.5, 0.6) is 0 Å². The number of piperidine rings is 1. The van der Waals surface area contributed by atoms with Crippen molar-refractivity contribution in [2.24, 2.45) is 5.92 Å². The quantitative estimate of drug-likeness (QED) is 0.852. The van der Waals surface area contributed by atoms with Gasteiger partial charge in [-0.3, -0.25) is 9.59 Å². The van der Waals surface area contributed by atoms with E-state index in [1.165, 1.54) is 0 Å². The molecular weight excluding hydrogens is 330 g/mol. The molecular formula is C17H18ClN3O3. The first-order valence-corrected chi connectivity index (χ1v) is 8.56. The molecule has 2 aliphatic rings. The standard InChI is InChI=1S/C17H18ClN3O3/c18-15-7-13(24-19-15)4-5-16(22)20-8-11-6-12(10-20)14-2-1-3-17(23)21(14)9-11/h1-3,7,11-12H,4-6,8-10H2. The summed E-state index contributed by atoms with van der Waals surface area (Å²) in [5.74, 6) is 1.33. The second kappa shape index (κ2) is 6.09. The van der Waals surface area contributed by atoms with Gasteiger partial charge in [-0.2, -0.15) is 0 Å². The number of carbonyl (C=O) groups is 1. The van der Waals surface area contributed by atoms with Gasteiger partial charge in [-0.05, 0) is 18.4 Å². The molecule has 1 amide bonds. The lowest BCUT2D eigenvalue weighted by atomic mass is 9.83. The molecule has 126 valence electrons. The van der Waals surface area contributed by atoms with E-state index in [1.807, 2.05) is 21.6 Å². The van der Waals surface area contributed by atoms with Crippen LogP contribution >= 0.6 is 11.6 Å². The van der Waals surface area contributed by atoms with E-state index in [9.17, 15) is 9.59 Å². The monoisotopic (exact) mass is 347 g/mol. The fraction of sp³-hybridized carbons (Fsp3) is 0.471. The molecule has 2 unspecified atom stereocenters. The van der Waals surface area contributed by atoms with Crippen LogP contribution in [0.1, 0.15) is 30.2 Å². The van der Waals surface area contributed by atoms with Gasteiger partial charge in [0.2, 0.25) is 5.91 Å². The van der Waals surface area contributed by atoms with Crippen LogP contribution in [-0.4, -0.2) is 33.6 Å². The smallest absolute Gasteiger partial charge is 0.250 e. The molecule has 0 aliphatic carbocycles. The van der Waals surface area contributed by atoms with Gasteiger partial charge >= 0.3 is 0 Å². The van der Waals surface area contributed by atoms with Gasteiger partial charge in [0.25, 0.3) is 5.56 Å². The lowest BCUT2D eigenvalue weighted by molar-refractivity contribution is -0.134. The summed E-state index contributed by atoms with van der Waals surface area (Å²) >= 11 is 5.72. The predicted molar refractivity (Wildman–Crippen MR) is 88.0 cm³/mol. The van der Waals surface area contributed by atoms with Gasteiger partial charge in [0.15, 0.2) is 5.15 Å². The van der Waals surface area contributed by atoms with E-state index < -0.39 is 0 Å². The van der Waals surface area contributed by atoms with Crippen molar-refractivity contribution in [2.45, 2.75) is 31.7 Å². The first-order chi connectivity index (χ1) is 11.6. The van der Waals surface area contributed by atoms with Crippen molar-refractivity contribution < 1.29 is 9.32 Å². The topological polar surface area (TPSA) is 68.3 Å². The van der Waals surface area contributed by atoms with Crippen molar-refractivity contribution in [1.82, 2.24) is 14.6 Å². The summed E-state index contributed by atoms with van der Waals surface area (Å²) in [7, 11) is 0. The van der Waals surface area contributed by atoms with Crippen LogP contribution in [0.2, 0.25) is 5.15 Å². The first-order valence-electron chi connectivity index (χ1n) is 8.19. The fourth-order valence-corrected chi connectivity index (χ4v) is 4.05. The molecule has 0 saturated carbocycles. The Hall–Kier alpha value is -2.08. The summed E-state index contributed by atoms with van der Waals surface area (Å²) in [6.07, 6.45) is 1.93. The van der Waals surface area contributed by atoms with E-state index in [0.717, 1.165) is 12.1 Å². The van der Waals surface area contributed by atoms with Gasteiger partial charge < -0.3 is 14.0 Å². The number of fused-ring (bicyclic) bond motifs is 4. The Bertz CT molecular complexity index is 828. The van der Waals surface area contributed by atoms with Crippen LogP contribution in [0.4, 0.5) is 0 Å². The number of rotatable bonds is 3. The summed E-state index contributed by atoms with van der Waals surface area (Å²) in [5, 5.41) is 3.93. The SMILES string of the molecule is O=C(CCc1cc(Cl)no1)N1CC2CC(C1)c1cccc(=O)n1C2. The number of pyridine rings is 1. The number of hydrogen-bond acceptors (Lipinski definition) is 4. The van der Waals surface area contributed by atoms with Crippen molar-refractivity contribution in [2.75, 3.05) is 13.1 Å². The molecule has 0 radical (unpaired) electrons. The molecule has 0 N–H and O–H groups in total. The molecule has 2 aromatic heterocycles. The molecule has 7 heteroatoms. The van der Waals surface area contributed by atoms with Gasteiger partial charge in [-0.15, -0.1) is 0 Å². The summed E-state index contributed by atoms with van der Waals surface area (Å²) in [6.45, 7) is 2.09. The van der Waals surface area contributed by atoms with Crippen LogP contribution in [0, 0.1) is 5.92 Å². The van der Waals surface area contributed by atoms with Crippen molar-refractivity contribution in [1.29, 1.82) is 0 Å². The second-order valence-electron chi connectivity index (χ2n) is 6.61. The number of aryl methyl sites for hydroxylation is 1. The van der Waals surface area contributed by atoms with Crippen LogP contribution in [-0.2, 0) is 17.8 Å². The first kappa shape index (κ1) is 15.4. The van der Waals surface area contributed by atoms with Crippen LogP contribution in [0.15, 0.2) is 33.6 Å². The number of aromatic nitrogens is 2. The van der Waals surface area contributed by atoms with E-state index >= 15 is 0 Å². The Balaban J connectivity index is 1.45. The van der Waals surface area contributed by atoms with Gasteiger partial charge in [0.05, 0.1) is 0 Å². The van der Waals surface area contributed by atoms with Gasteiger partial charge in [-0.25, -0.2) is 0 Å². The highest BCUT2D eigenvalue weighted by Gasteiger charge is 2.35. The lowest BCUT2D eigenvalue weighted by Gasteiger charge is -2.42. The molecule has 2 aromatic rings. The minimum absolute atomic E-state index is 0.0594. The Kier molecular flexibility index (Phi) is 3.92. The van der Waals surface area contributed by atoms with Crippen LogP contribution in [0.3, 0.4) is 0 Å². The van der Waals surface area contributed by atoms with Crippen molar-refractivity contribution in [3.63, 3.8) is 0 Å². The van der Waals surface area contributed by atoms with Crippen molar-refractivity contribution in [3.05, 3.63) is 51.2 Å². The molecule has 2 bridgehead atoms. The number of halogens is 1. The Labute approximate surface area is 144 Å². The fourth-order valence-electron chi connectivity index (χ4n) is 3.89. The number of hydrogen-bond donors (Lipinski definition) is 0. The number of carbonyl (C=O) groups excluding carboxylic acids is 1. The summed E-state index contributed by atoms with van der Waals surface area (Å²) in [5.41, 5.74) is 1.11. The molecule has 0 aromatic carbocycles. The van der Waals surface area contributed by atoms with Gasteiger partial charge in [0.1, 0.15) is 5.76 Å². The summed E-state index contributed by atoms with van der Waals surface area (Å²) in [6, 6.07) is 7.06. The summed E-state index contributed by atoms with van der Waals surface area (Å²) < 4.78 is 6.92. The molecule has 24 heavy (non-hydrogen) atoms. The maximum absolute atomic E-state index is 12.6. The molecule has 1 saturated heterocycles. The third-order valence-corrected chi connectivity index (χ3v) is 5.13. The number of likely N-dealkylation sites (tertiary alicyclic amines) is 1. The molecule has 1 fully saturated rings. The van der Waals surface area contributed by atoms with E-state index in [1.54, 1.807) is 12.1 Å². The van der Waals surface area contributed by atoms with E-state index in [2.05, 4.69) is 5.16 Å². The minimum Gasteiger partial charge on any atom is -0.360 e. The van der Waals surface area contributed by atoms with Crippen LogP contribution < -0.4 is 5.56 Å². The molecule has 2 atom stereocenters. The average Bonchev–Trinajstić information content (AvgIpc) is 2.99. The number of nitrogens with zero attached hydrogens (tertiary/aromatic N) is 3. The maximum atomic E-state index is 12.6.